The molecule has 2 atom stereocenters. The highest BCUT2D eigenvalue weighted by Crippen LogP contribution is 2.29. The van der Waals surface area contributed by atoms with Crippen LogP contribution in [0.15, 0.2) is 42.5 Å². The Kier molecular flexibility index (Phi) is 9.68. The van der Waals surface area contributed by atoms with Crippen LogP contribution < -0.4 is 10.6 Å². The maximum atomic E-state index is 13.5. The van der Waals surface area contributed by atoms with E-state index < -0.39 is 42.2 Å². The fraction of sp³-hybridized carbons (Fsp3) is 0.423. The fourth-order valence-electron chi connectivity index (χ4n) is 3.48. The van der Waals surface area contributed by atoms with Crippen LogP contribution in [0.2, 0.25) is 5.02 Å². The van der Waals surface area contributed by atoms with E-state index in [9.17, 15) is 19.5 Å². The van der Waals surface area contributed by atoms with E-state index >= 15 is 0 Å². The van der Waals surface area contributed by atoms with E-state index in [2.05, 4.69) is 10.6 Å². The van der Waals surface area contributed by atoms with Crippen molar-refractivity contribution in [3.63, 3.8) is 0 Å². The van der Waals surface area contributed by atoms with Crippen LogP contribution in [0.3, 0.4) is 0 Å². The molecule has 2 aromatic carbocycles. The summed E-state index contributed by atoms with van der Waals surface area (Å²) in [6, 6.07) is 10.2. The molecule has 8 nitrogen and oxygen atoms in total. The van der Waals surface area contributed by atoms with Crippen molar-refractivity contribution in [2.24, 2.45) is 0 Å². The van der Waals surface area contributed by atoms with Crippen molar-refractivity contribution in [2.45, 2.75) is 58.7 Å². The Morgan fingerprint density at radius 1 is 1.11 bits per heavy atom. The third-order valence-corrected chi connectivity index (χ3v) is 5.64. The summed E-state index contributed by atoms with van der Waals surface area (Å²) in [4.78, 5) is 40.2. The monoisotopic (exact) mass is 503 g/mol. The number of carbonyl (C=O) groups is 3. The minimum Gasteiger partial charge on any atom is -0.444 e. The Balaban J connectivity index is 2.37. The van der Waals surface area contributed by atoms with Gasteiger partial charge in [0.15, 0.2) is 0 Å². The molecular formula is C26H34ClN3O5. The lowest BCUT2D eigenvalue weighted by molar-refractivity contribution is -0.139. The molecule has 0 aliphatic rings. The van der Waals surface area contributed by atoms with Gasteiger partial charge < -0.3 is 25.4 Å². The first-order chi connectivity index (χ1) is 16.4. The first-order valence-corrected chi connectivity index (χ1v) is 11.8. The fourth-order valence-corrected chi connectivity index (χ4v) is 3.75. The van der Waals surface area contributed by atoms with E-state index in [4.69, 9.17) is 16.3 Å². The third-order valence-electron chi connectivity index (χ3n) is 5.33. The number of nitrogens with one attached hydrogen (secondary N) is 2. The molecule has 0 aliphatic carbocycles. The third kappa shape index (κ3) is 7.70. The van der Waals surface area contributed by atoms with Crippen molar-refractivity contribution in [3.05, 3.63) is 64.2 Å². The molecule has 35 heavy (non-hydrogen) atoms. The van der Waals surface area contributed by atoms with Gasteiger partial charge in [0.1, 0.15) is 17.7 Å². The van der Waals surface area contributed by atoms with E-state index in [1.165, 1.54) is 11.9 Å². The maximum absolute atomic E-state index is 13.5. The highest BCUT2D eigenvalue weighted by Gasteiger charge is 2.34. The van der Waals surface area contributed by atoms with Gasteiger partial charge >= 0.3 is 6.09 Å². The molecule has 0 saturated carbocycles. The molecule has 2 rings (SSSR count). The number of rotatable bonds is 8. The van der Waals surface area contributed by atoms with Crippen LogP contribution in [-0.4, -0.2) is 53.2 Å². The summed E-state index contributed by atoms with van der Waals surface area (Å²) in [5.41, 5.74) is 2.06. The van der Waals surface area contributed by atoms with Crippen molar-refractivity contribution in [1.29, 1.82) is 0 Å². The largest absolute Gasteiger partial charge is 0.444 e. The van der Waals surface area contributed by atoms with Crippen LogP contribution in [0.5, 0.6) is 0 Å². The lowest BCUT2D eigenvalue weighted by Gasteiger charge is -2.31. The van der Waals surface area contributed by atoms with Gasteiger partial charge in [0, 0.05) is 7.05 Å². The minimum absolute atomic E-state index is 0.368. The number of aryl methyl sites for hydroxylation is 2. The SMILES string of the molecule is CCc1ccc(C(C(=O)Nc2c(C)cccc2Cl)N(C)C(=O)C(CO)NC(=O)OC(C)(C)C)cc1. The molecule has 0 aromatic heterocycles. The van der Waals surface area contributed by atoms with Gasteiger partial charge in [-0.15, -0.1) is 0 Å². The zero-order valence-electron chi connectivity index (χ0n) is 21.0. The standard InChI is InChI=1S/C26H34ClN3O5/c1-7-17-11-13-18(14-12-17)22(23(32)29-21-16(2)9-8-10-19(21)27)30(6)24(33)20(15-31)28-25(34)35-26(3,4)5/h8-14,20,22,31H,7,15H2,1-6H3,(H,28,34)(H,29,32). The minimum atomic E-state index is -1.30. The summed E-state index contributed by atoms with van der Waals surface area (Å²) in [5.74, 6) is -1.15. The van der Waals surface area contributed by atoms with Gasteiger partial charge in [0.05, 0.1) is 17.3 Å². The maximum Gasteiger partial charge on any atom is 0.408 e. The number of alkyl carbamates (subject to hydrolysis) is 1. The first kappa shape index (κ1) is 28.1. The van der Waals surface area contributed by atoms with Crippen molar-refractivity contribution in [3.8, 4) is 0 Å². The molecule has 3 amide bonds. The number of para-hydroxylation sites is 1. The molecule has 0 heterocycles. The number of nitrogens with zero attached hydrogens (tertiary/aromatic N) is 1. The van der Waals surface area contributed by atoms with E-state index in [0.717, 1.165) is 17.5 Å². The molecule has 0 bridgehead atoms. The van der Waals surface area contributed by atoms with Gasteiger partial charge in [0.25, 0.3) is 5.91 Å². The average Bonchev–Trinajstić information content (AvgIpc) is 2.79. The van der Waals surface area contributed by atoms with Gasteiger partial charge in [-0.3, -0.25) is 9.59 Å². The molecular weight excluding hydrogens is 470 g/mol. The van der Waals surface area contributed by atoms with Crippen molar-refractivity contribution in [2.75, 3.05) is 19.0 Å². The second-order valence-corrected chi connectivity index (χ2v) is 9.66. The predicted octanol–water partition coefficient (Wildman–Crippen LogP) is 4.23. The molecule has 9 heteroatoms. The van der Waals surface area contributed by atoms with Gasteiger partial charge in [-0.05, 0) is 56.9 Å². The van der Waals surface area contributed by atoms with Crippen LogP contribution in [0, 0.1) is 6.92 Å². The predicted molar refractivity (Wildman–Crippen MR) is 136 cm³/mol. The van der Waals surface area contributed by atoms with Crippen LogP contribution in [-0.2, 0) is 20.7 Å². The molecule has 3 N–H and O–H groups in total. The number of hydrogen-bond donors (Lipinski definition) is 3. The quantitative estimate of drug-likeness (QED) is 0.499. The summed E-state index contributed by atoms with van der Waals surface area (Å²) in [7, 11) is 1.44. The first-order valence-electron chi connectivity index (χ1n) is 11.4. The number of aliphatic hydroxyl groups is 1. The van der Waals surface area contributed by atoms with Crippen molar-refractivity contribution < 1.29 is 24.2 Å². The molecule has 0 aliphatic heterocycles. The van der Waals surface area contributed by atoms with E-state index in [-0.39, 0.29) is 0 Å². The number of benzene rings is 2. The smallest absolute Gasteiger partial charge is 0.408 e. The number of aliphatic hydroxyl groups excluding tert-OH is 1. The van der Waals surface area contributed by atoms with E-state index in [1.54, 1.807) is 45.0 Å². The second kappa shape index (κ2) is 12.0. The zero-order valence-corrected chi connectivity index (χ0v) is 21.8. The van der Waals surface area contributed by atoms with Crippen LogP contribution in [0.4, 0.5) is 10.5 Å². The summed E-state index contributed by atoms with van der Waals surface area (Å²) < 4.78 is 5.20. The number of anilines is 1. The Morgan fingerprint density at radius 2 is 1.74 bits per heavy atom. The number of carbonyl (C=O) groups excluding carboxylic acids is 3. The van der Waals surface area contributed by atoms with Crippen LogP contribution in [0.25, 0.3) is 0 Å². The number of likely N-dealkylation sites (N-methyl/N-ethyl adjacent to an activating group) is 1. The Morgan fingerprint density at radius 3 is 2.26 bits per heavy atom. The molecule has 190 valence electrons. The summed E-state index contributed by atoms with van der Waals surface area (Å²) in [6.07, 6.45) is -0.0322. The Bertz CT molecular complexity index is 1030. The van der Waals surface area contributed by atoms with Gasteiger partial charge in [-0.1, -0.05) is 54.9 Å². The summed E-state index contributed by atoms with van der Waals surface area (Å²) in [5, 5.41) is 15.4. The highest BCUT2D eigenvalue weighted by molar-refractivity contribution is 6.34. The van der Waals surface area contributed by atoms with Crippen molar-refractivity contribution >= 4 is 35.2 Å². The molecule has 2 aromatic rings. The normalized spacial score (nSPS) is 12.9. The van der Waals surface area contributed by atoms with E-state index in [1.807, 2.05) is 32.0 Å². The van der Waals surface area contributed by atoms with Crippen LogP contribution in [0.1, 0.15) is 50.4 Å². The van der Waals surface area contributed by atoms with Gasteiger partial charge in [-0.25, -0.2) is 4.79 Å². The molecule has 0 radical (unpaired) electrons. The summed E-state index contributed by atoms with van der Waals surface area (Å²) in [6.45, 7) is 8.22. The molecule has 0 saturated heterocycles. The topological polar surface area (TPSA) is 108 Å². The molecule has 0 spiro atoms. The number of halogens is 1. The van der Waals surface area contributed by atoms with Crippen molar-refractivity contribution in [1.82, 2.24) is 10.2 Å². The Labute approximate surface area is 211 Å². The molecule has 0 fully saturated rings. The number of amides is 3. The zero-order chi connectivity index (χ0) is 26.3. The lowest BCUT2D eigenvalue weighted by Crippen LogP contribution is -2.52. The van der Waals surface area contributed by atoms with E-state index in [0.29, 0.717) is 16.3 Å². The van der Waals surface area contributed by atoms with Gasteiger partial charge in [-0.2, -0.15) is 0 Å². The number of hydrogen-bond acceptors (Lipinski definition) is 5. The van der Waals surface area contributed by atoms with Gasteiger partial charge in [0.2, 0.25) is 5.91 Å². The van der Waals surface area contributed by atoms with Crippen LogP contribution >= 0.6 is 11.6 Å². The number of ether oxygens (including phenoxy) is 1. The average molecular weight is 504 g/mol. The molecule has 2 unspecified atom stereocenters. The summed E-state index contributed by atoms with van der Waals surface area (Å²) >= 11 is 6.30. The lowest BCUT2D eigenvalue weighted by atomic mass is 10.0. The highest BCUT2D eigenvalue weighted by atomic mass is 35.5. The second-order valence-electron chi connectivity index (χ2n) is 9.25. The Hall–Kier alpha value is -3.10.